The van der Waals surface area contributed by atoms with Crippen LogP contribution in [0.1, 0.15) is 69.5 Å². The first-order valence-electron chi connectivity index (χ1n) is 12.3. The Morgan fingerprint density at radius 2 is 1.74 bits per heavy atom. The molecule has 0 aromatic heterocycles. The number of likely N-dealkylation sites (tertiary alicyclic amines) is 1. The van der Waals surface area contributed by atoms with E-state index in [0.717, 1.165) is 24.2 Å². The van der Waals surface area contributed by atoms with Crippen LogP contribution in [0.3, 0.4) is 0 Å². The topological polar surface area (TPSA) is 57.2 Å². The molecule has 2 unspecified atom stereocenters. The van der Waals surface area contributed by atoms with E-state index in [2.05, 4.69) is 26.8 Å². The fourth-order valence-corrected chi connectivity index (χ4v) is 5.13. The minimum absolute atomic E-state index is 0.00286. The number of carbonyl (C=O) groups excluding carboxylic acids is 1. The maximum atomic E-state index is 13.3. The molecule has 4 rings (SSSR count). The highest BCUT2D eigenvalue weighted by atomic mass is 16.5. The molecule has 0 aliphatic carbocycles. The van der Waals surface area contributed by atoms with Crippen LogP contribution in [0, 0.1) is 5.92 Å². The molecule has 2 atom stereocenters. The van der Waals surface area contributed by atoms with Gasteiger partial charge in [-0.05, 0) is 52.0 Å². The molecule has 184 valence electrons. The molecular weight excluding hydrogens is 430 g/mol. The highest BCUT2D eigenvalue weighted by molar-refractivity contribution is 5.95. The van der Waals surface area contributed by atoms with Crippen molar-refractivity contribution >= 4 is 5.91 Å². The van der Waals surface area contributed by atoms with Crippen molar-refractivity contribution in [2.75, 3.05) is 20.2 Å². The zero-order valence-electron chi connectivity index (χ0n) is 21.2. The molecule has 2 aromatic carbocycles. The average molecular weight is 468 g/mol. The van der Waals surface area contributed by atoms with Crippen LogP contribution >= 0.6 is 0 Å². The second-order valence-corrected chi connectivity index (χ2v) is 9.92. The Balaban J connectivity index is 1.51. The summed E-state index contributed by atoms with van der Waals surface area (Å²) in [5.41, 5.74) is 1.37. The van der Waals surface area contributed by atoms with Gasteiger partial charge in [0.2, 0.25) is 0 Å². The third-order valence-electron chi connectivity index (χ3n) is 6.91. The van der Waals surface area contributed by atoms with E-state index >= 15 is 0 Å². The van der Waals surface area contributed by atoms with E-state index in [1.54, 1.807) is 13.2 Å². The number of nitrogens with zero attached hydrogens (tertiary/aromatic N) is 1. The van der Waals surface area contributed by atoms with Crippen LogP contribution < -0.4 is 14.2 Å². The maximum absolute atomic E-state index is 13.3. The molecule has 1 spiro atoms. The third kappa shape index (κ3) is 4.74. The smallest absolute Gasteiger partial charge is 0.253 e. The van der Waals surface area contributed by atoms with Gasteiger partial charge in [0.05, 0.1) is 25.4 Å². The van der Waals surface area contributed by atoms with Crippen molar-refractivity contribution in [3.8, 4) is 17.2 Å². The molecule has 6 nitrogen and oxygen atoms in total. The van der Waals surface area contributed by atoms with Crippen LogP contribution in [-0.2, 0) is 4.74 Å². The minimum atomic E-state index is -0.350. The fraction of sp³-hybridized carbons (Fsp3) is 0.536. The van der Waals surface area contributed by atoms with Gasteiger partial charge in [0.25, 0.3) is 5.91 Å². The van der Waals surface area contributed by atoms with Crippen molar-refractivity contribution in [1.82, 2.24) is 4.90 Å². The van der Waals surface area contributed by atoms with Crippen LogP contribution in [0.15, 0.2) is 42.5 Å². The van der Waals surface area contributed by atoms with Crippen LogP contribution in [0.2, 0.25) is 0 Å². The predicted octanol–water partition coefficient (Wildman–Crippen LogP) is 5.65. The molecule has 1 fully saturated rings. The van der Waals surface area contributed by atoms with Crippen molar-refractivity contribution in [3.63, 3.8) is 0 Å². The number of para-hydroxylation sites is 1. The van der Waals surface area contributed by atoms with Crippen LogP contribution in [-0.4, -0.2) is 48.8 Å². The van der Waals surface area contributed by atoms with E-state index in [1.807, 2.05) is 49.1 Å². The molecule has 0 N–H and O–H groups in total. The summed E-state index contributed by atoms with van der Waals surface area (Å²) < 4.78 is 24.3. The summed E-state index contributed by atoms with van der Waals surface area (Å²) in [6.45, 7) is 11.6. The zero-order chi connectivity index (χ0) is 24.5. The van der Waals surface area contributed by atoms with Gasteiger partial charge in [-0.1, -0.05) is 25.1 Å². The second kappa shape index (κ2) is 9.87. The Hall–Kier alpha value is -2.73. The first kappa shape index (κ1) is 24.4. The predicted molar refractivity (Wildman–Crippen MR) is 132 cm³/mol. The van der Waals surface area contributed by atoms with Crippen molar-refractivity contribution in [2.24, 2.45) is 5.92 Å². The number of hydrogen-bond acceptors (Lipinski definition) is 5. The van der Waals surface area contributed by atoms with Crippen molar-refractivity contribution < 1.29 is 23.7 Å². The van der Waals surface area contributed by atoms with E-state index in [4.69, 9.17) is 18.9 Å². The summed E-state index contributed by atoms with van der Waals surface area (Å²) in [5.74, 6) is 2.29. The standard InChI is InChI=1S/C28H37NO5/c1-18(2)32-24-12-11-21(17-25(24)31-6)27(30)29-15-13-28(14-16-29)20(5)26(33-19(3)4)22-9-7-8-10-23(22)34-28/h7-12,17-20,26H,13-16H2,1-6H3. The molecule has 6 heteroatoms. The Labute approximate surface area is 203 Å². The first-order valence-corrected chi connectivity index (χ1v) is 12.3. The largest absolute Gasteiger partial charge is 0.493 e. The summed E-state index contributed by atoms with van der Waals surface area (Å²) in [6.07, 6.45) is 1.65. The first-order chi connectivity index (χ1) is 16.2. The number of fused-ring (bicyclic) bond motifs is 1. The van der Waals surface area contributed by atoms with Gasteiger partial charge in [-0.25, -0.2) is 0 Å². The summed E-state index contributed by atoms with van der Waals surface area (Å²) in [5, 5.41) is 0. The van der Waals surface area contributed by atoms with E-state index in [-0.39, 0.29) is 35.7 Å². The van der Waals surface area contributed by atoms with Gasteiger partial charge in [0.1, 0.15) is 11.4 Å². The number of benzene rings is 2. The zero-order valence-corrected chi connectivity index (χ0v) is 21.2. The van der Waals surface area contributed by atoms with Gasteiger partial charge in [0, 0.05) is 43.0 Å². The molecule has 1 amide bonds. The Bertz CT molecular complexity index is 1010. The lowest BCUT2D eigenvalue weighted by Crippen LogP contribution is -2.56. The van der Waals surface area contributed by atoms with E-state index in [1.165, 1.54) is 0 Å². The summed E-state index contributed by atoms with van der Waals surface area (Å²) in [7, 11) is 1.59. The number of hydrogen-bond donors (Lipinski definition) is 0. The number of rotatable bonds is 6. The second-order valence-electron chi connectivity index (χ2n) is 9.92. The Morgan fingerprint density at radius 3 is 2.38 bits per heavy atom. The fourth-order valence-electron chi connectivity index (χ4n) is 5.13. The van der Waals surface area contributed by atoms with E-state index in [9.17, 15) is 4.79 Å². The summed E-state index contributed by atoms with van der Waals surface area (Å²) in [4.78, 5) is 15.2. The molecule has 1 saturated heterocycles. The minimum Gasteiger partial charge on any atom is -0.493 e. The van der Waals surface area contributed by atoms with E-state index in [0.29, 0.717) is 30.2 Å². The molecule has 2 aliphatic rings. The van der Waals surface area contributed by atoms with Gasteiger partial charge in [-0.15, -0.1) is 0 Å². The van der Waals surface area contributed by atoms with Crippen LogP contribution in [0.5, 0.6) is 17.2 Å². The molecular formula is C28H37NO5. The maximum Gasteiger partial charge on any atom is 0.253 e. The number of methoxy groups -OCH3 is 1. The normalized spacial score (nSPS) is 21.4. The molecule has 2 heterocycles. The molecule has 34 heavy (non-hydrogen) atoms. The highest BCUT2D eigenvalue weighted by Crippen LogP contribution is 2.50. The molecule has 2 aliphatic heterocycles. The van der Waals surface area contributed by atoms with Gasteiger partial charge >= 0.3 is 0 Å². The van der Waals surface area contributed by atoms with Gasteiger partial charge in [-0.2, -0.15) is 0 Å². The van der Waals surface area contributed by atoms with Crippen LogP contribution in [0.4, 0.5) is 0 Å². The lowest BCUT2D eigenvalue weighted by Gasteiger charge is -2.51. The SMILES string of the molecule is COc1cc(C(=O)N2CCC3(CC2)Oc2ccccc2C(OC(C)C)C3C)ccc1OC(C)C. The molecule has 2 aromatic rings. The van der Waals surface area contributed by atoms with Crippen LogP contribution in [0.25, 0.3) is 0 Å². The number of amides is 1. The molecule has 0 saturated carbocycles. The number of carbonyl (C=O) groups is 1. The van der Waals surface area contributed by atoms with Gasteiger partial charge < -0.3 is 23.8 Å². The lowest BCUT2D eigenvalue weighted by molar-refractivity contribution is -0.130. The van der Waals surface area contributed by atoms with E-state index < -0.39 is 0 Å². The summed E-state index contributed by atoms with van der Waals surface area (Å²) >= 11 is 0. The van der Waals surface area contributed by atoms with Gasteiger partial charge in [0.15, 0.2) is 11.5 Å². The van der Waals surface area contributed by atoms with Crippen molar-refractivity contribution in [3.05, 3.63) is 53.6 Å². The quantitative estimate of drug-likeness (QED) is 0.549. The average Bonchev–Trinajstić information content (AvgIpc) is 2.82. The van der Waals surface area contributed by atoms with Crippen molar-refractivity contribution in [1.29, 1.82) is 0 Å². The monoisotopic (exact) mass is 467 g/mol. The third-order valence-corrected chi connectivity index (χ3v) is 6.91. The number of ether oxygens (including phenoxy) is 4. The molecule has 0 bridgehead atoms. The Kier molecular flexibility index (Phi) is 7.08. The Morgan fingerprint density at radius 1 is 1.03 bits per heavy atom. The summed E-state index contributed by atoms with van der Waals surface area (Å²) in [6, 6.07) is 13.6. The highest BCUT2D eigenvalue weighted by Gasteiger charge is 2.50. The lowest BCUT2D eigenvalue weighted by atomic mass is 9.73. The van der Waals surface area contributed by atoms with Crippen molar-refractivity contribution in [2.45, 2.75) is 71.4 Å². The van der Waals surface area contributed by atoms with Gasteiger partial charge in [-0.3, -0.25) is 4.79 Å². The molecule has 0 radical (unpaired) electrons. The number of piperidine rings is 1.